The van der Waals surface area contributed by atoms with Crippen molar-refractivity contribution in [2.75, 3.05) is 13.1 Å². The Kier molecular flexibility index (Phi) is 7.20. The van der Waals surface area contributed by atoms with Crippen LogP contribution in [0.2, 0.25) is 0 Å². The summed E-state index contributed by atoms with van der Waals surface area (Å²) in [4.78, 5) is 26.3. The van der Waals surface area contributed by atoms with E-state index in [1.807, 2.05) is 66.7 Å². The first-order valence-corrected chi connectivity index (χ1v) is 12.7. The summed E-state index contributed by atoms with van der Waals surface area (Å²) in [5.74, 6) is 0.0864. The van der Waals surface area contributed by atoms with Gasteiger partial charge in [0.25, 0.3) is 5.91 Å². The van der Waals surface area contributed by atoms with E-state index in [1.54, 1.807) is 12.1 Å². The van der Waals surface area contributed by atoms with Gasteiger partial charge in [0.2, 0.25) is 5.91 Å². The highest BCUT2D eigenvalue weighted by Crippen LogP contribution is 2.34. The molecular weight excluding hydrogens is 464 g/mol. The number of ether oxygens (including phenoxy) is 1. The third-order valence-electron chi connectivity index (χ3n) is 6.88. The summed E-state index contributed by atoms with van der Waals surface area (Å²) in [5.41, 5.74) is 2.61. The first-order chi connectivity index (χ1) is 18.0. The third kappa shape index (κ3) is 6.16. The molecule has 188 valence electrons. The SMILES string of the molecule is N#CC1(NC(=O)[C@H](Cc2ccc(O[C@@H]3CCNC3)cc2)NC(=O)c2ccc(-c3ccccc3)cc2)CC1. The maximum atomic E-state index is 13.2. The second kappa shape index (κ2) is 10.9. The van der Waals surface area contributed by atoms with Gasteiger partial charge in [-0.05, 0) is 66.8 Å². The Bertz CT molecular complexity index is 1270. The molecule has 7 nitrogen and oxygen atoms in total. The molecule has 2 amide bonds. The second-order valence-electron chi connectivity index (χ2n) is 9.73. The summed E-state index contributed by atoms with van der Waals surface area (Å²) < 4.78 is 5.99. The predicted molar refractivity (Wildman–Crippen MR) is 141 cm³/mol. The molecule has 2 aliphatic rings. The highest BCUT2D eigenvalue weighted by molar-refractivity contribution is 5.98. The molecule has 0 unspecified atom stereocenters. The molecule has 7 heteroatoms. The number of benzene rings is 3. The van der Waals surface area contributed by atoms with Crippen LogP contribution in [-0.4, -0.2) is 42.6 Å². The molecule has 1 saturated carbocycles. The molecule has 1 saturated heterocycles. The van der Waals surface area contributed by atoms with Gasteiger partial charge in [-0.15, -0.1) is 0 Å². The van der Waals surface area contributed by atoms with Crippen molar-refractivity contribution in [3.63, 3.8) is 0 Å². The van der Waals surface area contributed by atoms with E-state index in [9.17, 15) is 14.9 Å². The van der Waals surface area contributed by atoms with Crippen molar-refractivity contribution < 1.29 is 14.3 Å². The standard InChI is InChI=1S/C30H30N4O3/c31-20-30(15-16-30)34-29(36)27(18-21-6-12-25(13-7-21)37-26-14-17-32-19-26)33-28(35)24-10-8-23(9-11-24)22-4-2-1-3-5-22/h1-13,26-27,32H,14-19H2,(H,33,35)(H,34,36)/t26-,27+/m1/s1. The molecule has 0 aromatic heterocycles. The Hall–Kier alpha value is -4.15. The zero-order valence-electron chi connectivity index (χ0n) is 20.6. The number of amides is 2. The number of carbonyl (C=O) groups is 2. The van der Waals surface area contributed by atoms with Crippen LogP contribution in [0.5, 0.6) is 5.75 Å². The second-order valence-corrected chi connectivity index (χ2v) is 9.73. The van der Waals surface area contributed by atoms with Gasteiger partial charge in [-0.2, -0.15) is 5.26 Å². The van der Waals surface area contributed by atoms with E-state index >= 15 is 0 Å². The summed E-state index contributed by atoms with van der Waals surface area (Å²) in [6.45, 7) is 1.79. The summed E-state index contributed by atoms with van der Waals surface area (Å²) in [6, 6.07) is 26.2. The number of nitrogens with one attached hydrogen (secondary N) is 3. The molecule has 3 N–H and O–H groups in total. The largest absolute Gasteiger partial charge is 0.489 e. The van der Waals surface area contributed by atoms with E-state index in [0.717, 1.165) is 42.0 Å². The van der Waals surface area contributed by atoms with Crippen LogP contribution in [0.3, 0.4) is 0 Å². The number of carbonyl (C=O) groups excluding carboxylic acids is 2. The molecule has 0 spiro atoms. The van der Waals surface area contributed by atoms with E-state index in [-0.39, 0.29) is 17.9 Å². The van der Waals surface area contributed by atoms with Crippen molar-refractivity contribution in [1.82, 2.24) is 16.0 Å². The molecule has 2 fully saturated rings. The average molecular weight is 495 g/mol. The van der Waals surface area contributed by atoms with Gasteiger partial charge in [-0.3, -0.25) is 9.59 Å². The molecule has 0 bridgehead atoms. The lowest BCUT2D eigenvalue weighted by molar-refractivity contribution is -0.123. The van der Waals surface area contributed by atoms with E-state index in [2.05, 4.69) is 22.0 Å². The number of rotatable bonds is 9. The van der Waals surface area contributed by atoms with E-state index in [1.165, 1.54) is 0 Å². The van der Waals surface area contributed by atoms with Gasteiger partial charge < -0.3 is 20.7 Å². The molecule has 3 aromatic rings. The van der Waals surface area contributed by atoms with Crippen LogP contribution in [0.4, 0.5) is 0 Å². The minimum absolute atomic E-state index is 0.164. The molecule has 5 rings (SSSR count). The highest BCUT2D eigenvalue weighted by Gasteiger charge is 2.45. The summed E-state index contributed by atoms with van der Waals surface area (Å²) in [7, 11) is 0. The van der Waals surface area contributed by atoms with Crippen LogP contribution in [0.25, 0.3) is 11.1 Å². The van der Waals surface area contributed by atoms with Gasteiger partial charge in [-0.25, -0.2) is 0 Å². The third-order valence-corrected chi connectivity index (χ3v) is 6.88. The van der Waals surface area contributed by atoms with Crippen molar-refractivity contribution in [3.05, 3.63) is 90.0 Å². The Balaban J connectivity index is 1.28. The average Bonchev–Trinajstić information content (AvgIpc) is 3.52. The van der Waals surface area contributed by atoms with Crippen LogP contribution < -0.4 is 20.7 Å². The molecule has 2 atom stereocenters. The topological polar surface area (TPSA) is 103 Å². The minimum atomic E-state index is -0.821. The molecule has 37 heavy (non-hydrogen) atoms. The predicted octanol–water partition coefficient (Wildman–Crippen LogP) is 3.61. The van der Waals surface area contributed by atoms with Gasteiger partial charge in [0.1, 0.15) is 23.4 Å². The van der Waals surface area contributed by atoms with Crippen LogP contribution in [0, 0.1) is 11.3 Å². The van der Waals surface area contributed by atoms with Crippen molar-refractivity contribution in [3.8, 4) is 22.9 Å². The van der Waals surface area contributed by atoms with Crippen molar-refractivity contribution >= 4 is 11.8 Å². The molecular formula is C30H30N4O3. The Morgan fingerprint density at radius 2 is 1.70 bits per heavy atom. The van der Waals surface area contributed by atoms with Crippen LogP contribution >= 0.6 is 0 Å². The van der Waals surface area contributed by atoms with E-state index in [4.69, 9.17) is 4.74 Å². The minimum Gasteiger partial charge on any atom is -0.489 e. The lowest BCUT2D eigenvalue weighted by atomic mass is 10.0. The lowest BCUT2D eigenvalue weighted by Gasteiger charge is -2.21. The zero-order valence-corrected chi connectivity index (χ0v) is 20.6. The van der Waals surface area contributed by atoms with Gasteiger partial charge in [-0.1, -0.05) is 54.6 Å². The number of nitriles is 1. The monoisotopic (exact) mass is 494 g/mol. The Labute approximate surface area is 216 Å². The van der Waals surface area contributed by atoms with Crippen LogP contribution in [0.1, 0.15) is 35.2 Å². The van der Waals surface area contributed by atoms with Crippen LogP contribution in [-0.2, 0) is 11.2 Å². The van der Waals surface area contributed by atoms with Gasteiger partial charge in [0.15, 0.2) is 0 Å². The molecule has 3 aromatic carbocycles. The summed E-state index contributed by atoms with van der Waals surface area (Å²) in [5, 5.41) is 18.4. The number of hydrogen-bond donors (Lipinski definition) is 3. The smallest absolute Gasteiger partial charge is 0.251 e. The first kappa shape index (κ1) is 24.5. The Morgan fingerprint density at radius 3 is 2.32 bits per heavy atom. The fraction of sp³-hybridized carbons (Fsp3) is 0.300. The first-order valence-electron chi connectivity index (χ1n) is 12.7. The summed E-state index contributed by atoms with van der Waals surface area (Å²) in [6.07, 6.45) is 2.69. The highest BCUT2D eigenvalue weighted by atomic mass is 16.5. The van der Waals surface area contributed by atoms with E-state index in [0.29, 0.717) is 24.8 Å². The van der Waals surface area contributed by atoms with Crippen LogP contribution in [0.15, 0.2) is 78.9 Å². The Morgan fingerprint density at radius 1 is 1.00 bits per heavy atom. The van der Waals surface area contributed by atoms with Gasteiger partial charge >= 0.3 is 0 Å². The van der Waals surface area contributed by atoms with Crippen molar-refractivity contribution in [2.45, 2.75) is 43.4 Å². The molecule has 1 aliphatic carbocycles. The maximum Gasteiger partial charge on any atom is 0.251 e. The van der Waals surface area contributed by atoms with Gasteiger partial charge in [0, 0.05) is 18.5 Å². The fourth-order valence-electron chi connectivity index (χ4n) is 4.47. The molecule has 1 heterocycles. The van der Waals surface area contributed by atoms with E-state index < -0.39 is 11.6 Å². The lowest BCUT2D eigenvalue weighted by Crippen LogP contribution is -2.51. The normalized spacial score (nSPS) is 18.3. The molecule has 0 radical (unpaired) electrons. The van der Waals surface area contributed by atoms with Crippen molar-refractivity contribution in [2.24, 2.45) is 0 Å². The fourth-order valence-corrected chi connectivity index (χ4v) is 4.47. The van der Waals surface area contributed by atoms with Crippen molar-refractivity contribution in [1.29, 1.82) is 5.26 Å². The number of nitrogens with zero attached hydrogens (tertiary/aromatic N) is 1. The maximum absolute atomic E-state index is 13.2. The van der Waals surface area contributed by atoms with Gasteiger partial charge in [0.05, 0.1) is 6.07 Å². The molecule has 1 aliphatic heterocycles. The zero-order chi connectivity index (χ0) is 25.7. The summed E-state index contributed by atoms with van der Waals surface area (Å²) >= 11 is 0. The number of hydrogen-bond acceptors (Lipinski definition) is 5. The quantitative estimate of drug-likeness (QED) is 0.422.